The Kier molecular flexibility index (Phi) is 4.15. The van der Waals surface area contributed by atoms with Crippen LogP contribution in [0.5, 0.6) is 0 Å². The molecule has 0 amide bonds. The average Bonchev–Trinajstić information content (AvgIpc) is 3.13. The Hall–Kier alpha value is -1.55. The topological polar surface area (TPSA) is 50.9 Å². The summed E-state index contributed by atoms with van der Waals surface area (Å²) in [4.78, 5) is 0. The minimum Gasteiger partial charge on any atom is -0.382 e. The molecule has 1 heterocycles. The molecular weight excluding hydrogens is 278 g/mol. The van der Waals surface area contributed by atoms with E-state index in [1.165, 1.54) is 43.6 Å². The summed E-state index contributed by atoms with van der Waals surface area (Å²) in [5.41, 5.74) is 8.75. The molecule has 1 aromatic carbocycles. The minimum atomic E-state index is 0.465. The van der Waals surface area contributed by atoms with Gasteiger partial charge in [-0.2, -0.15) is 4.37 Å². The van der Waals surface area contributed by atoms with Gasteiger partial charge in [0.1, 0.15) is 10.8 Å². The van der Waals surface area contributed by atoms with Gasteiger partial charge in [0.2, 0.25) is 0 Å². The van der Waals surface area contributed by atoms with E-state index in [0.29, 0.717) is 11.2 Å². The fraction of sp³-hybridized carbons (Fsp3) is 0.471. The summed E-state index contributed by atoms with van der Waals surface area (Å²) in [6.45, 7) is 3.34. The number of aromatic nitrogens is 1. The van der Waals surface area contributed by atoms with Crippen molar-refractivity contribution in [3.63, 3.8) is 0 Å². The smallest absolute Gasteiger partial charge is 0.147 e. The maximum Gasteiger partial charge on any atom is 0.147 e. The highest BCUT2D eigenvalue weighted by Crippen LogP contribution is 2.43. The van der Waals surface area contributed by atoms with E-state index in [1.807, 2.05) is 18.2 Å². The zero-order chi connectivity index (χ0) is 14.7. The van der Waals surface area contributed by atoms with Crippen LogP contribution in [-0.4, -0.2) is 10.9 Å². The molecule has 3 nitrogen and oxygen atoms in total. The molecule has 0 unspecified atom stereocenters. The maximum absolute atomic E-state index is 6.08. The second kappa shape index (κ2) is 6.06. The fourth-order valence-corrected chi connectivity index (χ4v) is 4.09. The van der Waals surface area contributed by atoms with Crippen LogP contribution >= 0.6 is 11.5 Å². The molecule has 112 valence electrons. The molecule has 4 heteroatoms. The van der Waals surface area contributed by atoms with Crippen molar-refractivity contribution < 1.29 is 0 Å². The summed E-state index contributed by atoms with van der Waals surface area (Å²) in [7, 11) is 0. The monoisotopic (exact) mass is 301 g/mol. The minimum absolute atomic E-state index is 0.465. The predicted octanol–water partition coefficient (Wildman–Crippen LogP) is 4.77. The molecule has 3 rings (SSSR count). The van der Waals surface area contributed by atoms with E-state index >= 15 is 0 Å². The second-order valence-electron chi connectivity index (χ2n) is 6.05. The predicted molar refractivity (Wildman–Crippen MR) is 91.6 cm³/mol. The van der Waals surface area contributed by atoms with Gasteiger partial charge in [0, 0.05) is 6.54 Å². The number of nitrogen functional groups attached to an aromatic ring is 1. The second-order valence-corrected chi connectivity index (χ2v) is 6.83. The molecular formula is C17H23N3S. The summed E-state index contributed by atoms with van der Waals surface area (Å²) < 4.78 is 4.34. The molecule has 1 fully saturated rings. The van der Waals surface area contributed by atoms with E-state index in [9.17, 15) is 0 Å². The van der Waals surface area contributed by atoms with E-state index in [1.54, 1.807) is 0 Å². The molecule has 1 aromatic heterocycles. The lowest BCUT2D eigenvalue weighted by Crippen LogP contribution is -2.25. The number of anilines is 2. The Morgan fingerprint density at radius 1 is 1.24 bits per heavy atom. The highest BCUT2D eigenvalue weighted by Gasteiger charge is 2.32. The molecule has 0 atom stereocenters. The summed E-state index contributed by atoms with van der Waals surface area (Å²) in [6.07, 6.45) is 6.66. The van der Waals surface area contributed by atoms with Gasteiger partial charge in [0.05, 0.1) is 5.56 Å². The van der Waals surface area contributed by atoms with Gasteiger partial charge < -0.3 is 11.1 Å². The van der Waals surface area contributed by atoms with Gasteiger partial charge in [-0.05, 0) is 41.8 Å². The molecule has 1 aliphatic carbocycles. The van der Waals surface area contributed by atoms with E-state index in [2.05, 4.69) is 28.7 Å². The molecule has 3 N–H and O–H groups in total. The van der Waals surface area contributed by atoms with E-state index in [-0.39, 0.29) is 0 Å². The van der Waals surface area contributed by atoms with Gasteiger partial charge in [-0.15, -0.1) is 0 Å². The highest BCUT2D eigenvalue weighted by atomic mass is 32.1. The van der Waals surface area contributed by atoms with Crippen molar-refractivity contribution >= 4 is 22.4 Å². The van der Waals surface area contributed by atoms with Crippen molar-refractivity contribution in [2.75, 3.05) is 17.6 Å². The summed E-state index contributed by atoms with van der Waals surface area (Å²) in [6, 6.07) is 10.3. The number of hydrogen-bond donors (Lipinski definition) is 2. The van der Waals surface area contributed by atoms with Crippen LogP contribution < -0.4 is 11.1 Å². The van der Waals surface area contributed by atoms with E-state index in [4.69, 9.17) is 5.73 Å². The third-order valence-electron chi connectivity index (χ3n) is 4.82. The van der Waals surface area contributed by atoms with Crippen molar-refractivity contribution in [2.24, 2.45) is 5.41 Å². The van der Waals surface area contributed by atoms with Crippen LogP contribution in [-0.2, 0) is 0 Å². The third kappa shape index (κ3) is 2.91. The maximum atomic E-state index is 6.08. The fourth-order valence-electron chi connectivity index (χ4n) is 3.35. The first kappa shape index (κ1) is 14.4. The van der Waals surface area contributed by atoms with Crippen LogP contribution in [0.4, 0.5) is 10.8 Å². The number of benzene rings is 1. The molecule has 2 aromatic rings. The van der Waals surface area contributed by atoms with Crippen molar-refractivity contribution in [2.45, 2.75) is 39.0 Å². The quantitative estimate of drug-likeness (QED) is 0.836. The Morgan fingerprint density at radius 3 is 2.62 bits per heavy atom. The van der Waals surface area contributed by atoms with E-state index < -0.39 is 0 Å². The SMILES string of the molecule is CCC1(CNc2snc(N)c2-c2ccccc2)CCCC1. The molecule has 21 heavy (non-hydrogen) atoms. The number of nitrogens with one attached hydrogen (secondary N) is 1. The van der Waals surface area contributed by atoms with Crippen molar-refractivity contribution in [3.8, 4) is 11.1 Å². The van der Waals surface area contributed by atoms with Gasteiger partial charge in [-0.25, -0.2) is 0 Å². The van der Waals surface area contributed by atoms with E-state index in [0.717, 1.165) is 22.7 Å². The van der Waals surface area contributed by atoms with Gasteiger partial charge in [0.25, 0.3) is 0 Å². The van der Waals surface area contributed by atoms with Gasteiger partial charge in [0.15, 0.2) is 0 Å². The molecule has 0 radical (unpaired) electrons. The average molecular weight is 301 g/mol. The van der Waals surface area contributed by atoms with Crippen molar-refractivity contribution in [3.05, 3.63) is 30.3 Å². The zero-order valence-electron chi connectivity index (χ0n) is 12.6. The first-order valence-electron chi connectivity index (χ1n) is 7.78. The van der Waals surface area contributed by atoms with Crippen LogP contribution in [0.25, 0.3) is 11.1 Å². The first-order chi connectivity index (χ1) is 10.2. The standard InChI is InChI=1S/C17H23N3S/c1-2-17(10-6-7-11-17)12-19-16-14(15(18)20-21-16)13-8-4-3-5-9-13/h3-5,8-9,19H,2,6-7,10-12H2,1H3,(H2,18,20). The normalized spacial score (nSPS) is 17.0. The van der Waals surface area contributed by atoms with Crippen LogP contribution in [0.3, 0.4) is 0 Å². The lowest BCUT2D eigenvalue weighted by Gasteiger charge is -2.28. The summed E-state index contributed by atoms with van der Waals surface area (Å²) in [5, 5.41) is 4.75. The van der Waals surface area contributed by atoms with Crippen LogP contribution in [0.15, 0.2) is 30.3 Å². The van der Waals surface area contributed by atoms with Crippen LogP contribution in [0, 0.1) is 5.41 Å². The Labute approximate surface area is 130 Å². The highest BCUT2D eigenvalue weighted by molar-refractivity contribution is 7.11. The number of rotatable bonds is 5. The number of hydrogen-bond acceptors (Lipinski definition) is 4. The Balaban J connectivity index is 1.81. The lowest BCUT2D eigenvalue weighted by molar-refractivity contribution is 0.307. The Bertz CT molecular complexity index is 585. The molecule has 0 aliphatic heterocycles. The molecule has 1 aliphatic rings. The molecule has 0 spiro atoms. The first-order valence-corrected chi connectivity index (χ1v) is 8.56. The van der Waals surface area contributed by atoms with Gasteiger partial charge in [-0.1, -0.05) is 50.1 Å². The van der Waals surface area contributed by atoms with Crippen LogP contribution in [0.2, 0.25) is 0 Å². The summed E-state index contributed by atoms with van der Waals surface area (Å²) in [5.74, 6) is 0.630. The number of nitrogens with zero attached hydrogens (tertiary/aromatic N) is 1. The largest absolute Gasteiger partial charge is 0.382 e. The molecule has 0 saturated heterocycles. The van der Waals surface area contributed by atoms with Crippen LogP contribution in [0.1, 0.15) is 39.0 Å². The third-order valence-corrected chi connectivity index (χ3v) is 5.64. The van der Waals surface area contributed by atoms with Crippen molar-refractivity contribution in [1.82, 2.24) is 4.37 Å². The van der Waals surface area contributed by atoms with Crippen molar-refractivity contribution in [1.29, 1.82) is 0 Å². The molecule has 0 bridgehead atoms. The molecule has 1 saturated carbocycles. The zero-order valence-corrected chi connectivity index (χ0v) is 13.4. The Morgan fingerprint density at radius 2 is 1.95 bits per heavy atom. The number of nitrogens with two attached hydrogens (primary N) is 1. The van der Waals surface area contributed by atoms with Gasteiger partial charge in [-0.3, -0.25) is 0 Å². The lowest BCUT2D eigenvalue weighted by atomic mass is 9.83. The van der Waals surface area contributed by atoms with Gasteiger partial charge >= 0.3 is 0 Å². The summed E-state index contributed by atoms with van der Waals surface area (Å²) >= 11 is 1.48.